The third-order valence-electron chi connectivity index (χ3n) is 4.70. The summed E-state index contributed by atoms with van der Waals surface area (Å²) < 4.78 is 0. The van der Waals surface area contributed by atoms with E-state index in [9.17, 15) is 4.79 Å². The van der Waals surface area contributed by atoms with Gasteiger partial charge in [-0.2, -0.15) is 0 Å². The highest BCUT2D eigenvalue weighted by Crippen LogP contribution is 2.46. The molecule has 2 aliphatic rings. The number of nitrogens with zero attached hydrogens (tertiary/aromatic N) is 3. The number of rotatable bonds is 5. The number of amidine groups is 1. The summed E-state index contributed by atoms with van der Waals surface area (Å²) in [4.78, 5) is 16.8. The highest BCUT2D eigenvalue weighted by molar-refractivity contribution is 6.07. The van der Waals surface area contributed by atoms with Crippen LogP contribution in [-0.2, 0) is 4.79 Å². The Morgan fingerprint density at radius 1 is 1.45 bits per heavy atom. The Labute approximate surface area is 120 Å². The summed E-state index contributed by atoms with van der Waals surface area (Å²) in [6.45, 7) is 5.95. The van der Waals surface area contributed by atoms with E-state index >= 15 is 0 Å². The lowest BCUT2D eigenvalue weighted by molar-refractivity contribution is -0.143. The van der Waals surface area contributed by atoms with E-state index in [1.807, 2.05) is 7.05 Å². The molecule has 0 bridgehead atoms. The fourth-order valence-corrected chi connectivity index (χ4v) is 3.48. The molecule has 114 valence electrons. The summed E-state index contributed by atoms with van der Waals surface area (Å²) in [5, 5.41) is 12.0. The number of hydrogen-bond donors (Lipinski definition) is 2. The van der Waals surface area contributed by atoms with E-state index in [2.05, 4.69) is 17.0 Å². The van der Waals surface area contributed by atoms with Gasteiger partial charge in [0.25, 0.3) is 0 Å². The zero-order chi connectivity index (χ0) is 14.8. The zero-order valence-electron chi connectivity index (χ0n) is 12.5. The SMILES string of the molecule is CC1CC(C(=O)N(C)CCN2CCCC2)(C(N)=NO)C1. The van der Waals surface area contributed by atoms with Crippen LogP contribution in [0.25, 0.3) is 0 Å². The lowest BCUT2D eigenvalue weighted by atomic mass is 9.61. The monoisotopic (exact) mass is 282 g/mol. The summed E-state index contributed by atoms with van der Waals surface area (Å²) in [6, 6.07) is 0. The fraction of sp³-hybridized carbons (Fsp3) is 0.857. The smallest absolute Gasteiger partial charge is 0.236 e. The Bertz CT molecular complexity index is 385. The van der Waals surface area contributed by atoms with E-state index in [4.69, 9.17) is 10.9 Å². The first kappa shape index (κ1) is 15.1. The van der Waals surface area contributed by atoms with Gasteiger partial charge in [-0.15, -0.1) is 0 Å². The van der Waals surface area contributed by atoms with E-state index in [1.165, 1.54) is 12.8 Å². The molecule has 6 nitrogen and oxygen atoms in total. The number of likely N-dealkylation sites (N-methyl/N-ethyl adjacent to an activating group) is 1. The van der Waals surface area contributed by atoms with Crippen LogP contribution in [0.15, 0.2) is 5.16 Å². The molecule has 0 aromatic rings. The standard InChI is InChI=1S/C14H26N4O2/c1-11-9-14(10-11,12(15)16-20)13(19)17(2)7-8-18-5-3-4-6-18/h11,20H,3-10H2,1-2H3,(H2,15,16). The molecule has 1 saturated carbocycles. The van der Waals surface area contributed by atoms with Crippen molar-refractivity contribution in [3.8, 4) is 0 Å². The van der Waals surface area contributed by atoms with Gasteiger partial charge in [0.1, 0.15) is 5.41 Å². The predicted molar refractivity (Wildman–Crippen MR) is 77.6 cm³/mol. The van der Waals surface area contributed by atoms with Gasteiger partial charge < -0.3 is 20.7 Å². The van der Waals surface area contributed by atoms with E-state index in [0.717, 1.165) is 19.6 Å². The molecule has 0 aromatic carbocycles. The maximum atomic E-state index is 12.6. The lowest BCUT2D eigenvalue weighted by Crippen LogP contribution is -2.57. The molecule has 0 radical (unpaired) electrons. The van der Waals surface area contributed by atoms with Crippen molar-refractivity contribution >= 4 is 11.7 Å². The van der Waals surface area contributed by atoms with Crippen LogP contribution in [0.4, 0.5) is 0 Å². The third-order valence-corrected chi connectivity index (χ3v) is 4.70. The molecule has 3 N–H and O–H groups in total. The van der Waals surface area contributed by atoms with Gasteiger partial charge in [-0.25, -0.2) is 0 Å². The van der Waals surface area contributed by atoms with Crippen molar-refractivity contribution < 1.29 is 10.0 Å². The van der Waals surface area contributed by atoms with E-state index in [0.29, 0.717) is 25.3 Å². The van der Waals surface area contributed by atoms with Crippen molar-refractivity contribution in [2.45, 2.75) is 32.6 Å². The van der Waals surface area contributed by atoms with E-state index in [-0.39, 0.29) is 11.7 Å². The van der Waals surface area contributed by atoms with Crippen LogP contribution in [0.5, 0.6) is 0 Å². The van der Waals surface area contributed by atoms with Gasteiger partial charge in [0.05, 0.1) is 0 Å². The summed E-state index contributed by atoms with van der Waals surface area (Å²) in [7, 11) is 1.81. The second-order valence-corrected chi connectivity index (χ2v) is 6.36. The highest BCUT2D eigenvalue weighted by Gasteiger charge is 2.53. The third kappa shape index (κ3) is 2.75. The minimum absolute atomic E-state index is 0.00917. The molecule has 0 spiro atoms. The number of likely N-dealkylation sites (tertiary alicyclic amines) is 1. The van der Waals surface area contributed by atoms with Gasteiger partial charge >= 0.3 is 0 Å². The average molecular weight is 282 g/mol. The van der Waals surface area contributed by atoms with Crippen molar-refractivity contribution in [1.82, 2.24) is 9.80 Å². The van der Waals surface area contributed by atoms with Gasteiger partial charge in [-0.3, -0.25) is 4.79 Å². The molecular weight excluding hydrogens is 256 g/mol. The summed E-state index contributed by atoms with van der Waals surface area (Å²) in [5.74, 6) is 0.505. The first-order chi connectivity index (χ1) is 9.49. The summed E-state index contributed by atoms with van der Waals surface area (Å²) in [6.07, 6.45) is 3.86. The van der Waals surface area contributed by atoms with Crippen molar-refractivity contribution in [2.24, 2.45) is 22.2 Å². The van der Waals surface area contributed by atoms with Crippen molar-refractivity contribution in [3.05, 3.63) is 0 Å². The predicted octanol–water partition coefficient (Wildman–Crippen LogP) is 0.703. The van der Waals surface area contributed by atoms with Crippen molar-refractivity contribution in [1.29, 1.82) is 0 Å². The molecule has 0 unspecified atom stereocenters. The van der Waals surface area contributed by atoms with Crippen LogP contribution in [0.3, 0.4) is 0 Å². The Morgan fingerprint density at radius 2 is 2.05 bits per heavy atom. The normalized spacial score (nSPS) is 31.1. The first-order valence-electron chi connectivity index (χ1n) is 7.45. The molecule has 20 heavy (non-hydrogen) atoms. The molecule has 1 heterocycles. The van der Waals surface area contributed by atoms with Gasteiger partial charge in [-0.1, -0.05) is 12.1 Å². The second-order valence-electron chi connectivity index (χ2n) is 6.36. The Hall–Kier alpha value is -1.30. The highest BCUT2D eigenvalue weighted by atomic mass is 16.4. The molecule has 0 aromatic heterocycles. The summed E-state index contributed by atoms with van der Waals surface area (Å²) in [5.41, 5.74) is 5.00. The Balaban J connectivity index is 1.93. The fourth-order valence-electron chi connectivity index (χ4n) is 3.48. The number of carbonyl (C=O) groups excluding carboxylic acids is 1. The molecule has 1 aliphatic carbocycles. The van der Waals surface area contributed by atoms with E-state index < -0.39 is 5.41 Å². The number of oxime groups is 1. The first-order valence-corrected chi connectivity index (χ1v) is 7.45. The van der Waals surface area contributed by atoms with E-state index in [1.54, 1.807) is 4.90 Å². The van der Waals surface area contributed by atoms with Crippen LogP contribution in [-0.4, -0.2) is 60.0 Å². The van der Waals surface area contributed by atoms with Gasteiger partial charge in [0.15, 0.2) is 5.84 Å². The van der Waals surface area contributed by atoms with Crippen LogP contribution in [0, 0.1) is 11.3 Å². The molecule has 1 saturated heterocycles. The molecule has 1 amide bonds. The van der Waals surface area contributed by atoms with Gasteiger partial charge in [-0.05, 0) is 44.7 Å². The number of nitrogens with two attached hydrogens (primary N) is 1. The maximum Gasteiger partial charge on any atom is 0.236 e. The zero-order valence-corrected chi connectivity index (χ0v) is 12.5. The van der Waals surface area contributed by atoms with Crippen molar-refractivity contribution in [2.75, 3.05) is 33.2 Å². The largest absolute Gasteiger partial charge is 0.409 e. The minimum atomic E-state index is -0.770. The topological polar surface area (TPSA) is 82.2 Å². The van der Waals surface area contributed by atoms with Crippen molar-refractivity contribution in [3.63, 3.8) is 0 Å². The molecule has 1 aliphatic heterocycles. The van der Waals surface area contributed by atoms with Crippen LogP contribution in [0.2, 0.25) is 0 Å². The number of carbonyl (C=O) groups is 1. The molecule has 2 rings (SSSR count). The summed E-state index contributed by atoms with van der Waals surface area (Å²) >= 11 is 0. The molecular formula is C14H26N4O2. The Morgan fingerprint density at radius 3 is 2.55 bits per heavy atom. The Kier molecular flexibility index (Phi) is 4.52. The maximum absolute atomic E-state index is 12.6. The number of amides is 1. The van der Waals surface area contributed by atoms with Gasteiger partial charge in [0.2, 0.25) is 5.91 Å². The second kappa shape index (κ2) is 5.99. The van der Waals surface area contributed by atoms with Crippen LogP contribution >= 0.6 is 0 Å². The number of hydrogen-bond acceptors (Lipinski definition) is 4. The van der Waals surface area contributed by atoms with Crippen LogP contribution in [0.1, 0.15) is 32.6 Å². The molecule has 0 atom stereocenters. The lowest BCUT2D eigenvalue weighted by Gasteiger charge is -2.45. The quantitative estimate of drug-likeness (QED) is 0.337. The molecule has 6 heteroatoms. The molecule has 2 fully saturated rings. The van der Waals surface area contributed by atoms with Crippen LogP contribution < -0.4 is 5.73 Å². The minimum Gasteiger partial charge on any atom is -0.409 e. The van der Waals surface area contributed by atoms with Gasteiger partial charge in [0, 0.05) is 20.1 Å². The average Bonchev–Trinajstić information content (AvgIpc) is 2.92.